The van der Waals surface area contributed by atoms with Gasteiger partial charge >= 0.3 is 0 Å². The summed E-state index contributed by atoms with van der Waals surface area (Å²) in [6.07, 6.45) is 8.05. The first-order valence-electron chi connectivity index (χ1n) is 8.94. The largest absolute Gasteiger partial charge is 0.355 e. The summed E-state index contributed by atoms with van der Waals surface area (Å²) in [6, 6.07) is 4.39. The molecule has 1 saturated carbocycles. The molecule has 0 aromatic carbocycles. The normalized spacial score (nSPS) is 17.0. The van der Waals surface area contributed by atoms with E-state index in [1.165, 1.54) is 37.0 Å². The van der Waals surface area contributed by atoms with Crippen LogP contribution in [0, 0.1) is 0 Å². The fourth-order valence-corrected chi connectivity index (χ4v) is 4.19. The number of guanidine groups is 1. The molecule has 0 unspecified atom stereocenters. The predicted octanol–water partition coefficient (Wildman–Crippen LogP) is 2.76. The quantitative estimate of drug-likeness (QED) is 0.445. The molecule has 0 atom stereocenters. The summed E-state index contributed by atoms with van der Waals surface area (Å²) in [7, 11) is 3.49. The highest BCUT2D eigenvalue weighted by Crippen LogP contribution is 2.41. The molecular formula is C19H30N4OS. The molecule has 2 N–H and O–H groups in total. The molecule has 1 aromatic rings. The number of carbonyl (C=O) groups is 1. The summed E-state index contributed by atoms with van der Waals surface area (Å²) < 4.78 is 0. The van der Waals surface area contributed by atoms with Crippen LogP contribution in [0.3, 0.4) is 0 Å². The van der Waals surface area contributed by atoms with Crippen molar-refractivity contribution in [2.45, 2.75) is 37.5 Å². The number of aliphatic imine (C=N–C) groups is 1. The predicted molar refractivity (Wildman–Crippen MR) is 106 cm³/mol. The lowest BCUT2D eigenvalue weighted by Gasteiger charge is -2.37. The molecule has 1 aliphatic carbocycles. The van der Waals surface area contributed by atoms with Gasteiger partial charge in [0.15, 0.2) is 5.96 Å². The topological polar surface area (TPSA) is 56.7 Å². The SMILES string of the molecule is C=CCNC(=NCC(=O)N(C)C)NCC1(c2cccs2)CCCCC1. The Kier molecular flexibility index (Phi) is 7.50. The first-order chi connectivity index (χ1) is 12.1. The van der Waals surface area contributed by atoms with E-state index in [1.807, 2.05) is 11.3 Å². The fraction of sp³-hybridized carbons (Fsp3) is 0.579. The highest BCUT2D eigenvalue weighted by atomic mass is 32.1. The molecule has 0 aliphatic heterocycles. The lowest BCUT2D eigenvalue weighted by Crippen LogP contribution is -2.46. The van der Waals surface area contributed by atoms with E-state index in [0.29, 0.717) is 12.5 Å². The van der Waals surface area contributed by atoms with Crippen molar-refractivity contribution < 1.29 is 4.79 Å². The van der Waals surface area contributed by atoms with Crippen molar-refractivity contribution in [3.8, 4) is 0 Å². The van der Waals surface area contributed by atoms with E-state index in [1.54, 1.807) is 25.1 Å². The average Bonchev–Trinajstić information content (AvgIpc) is 3.17. The first kappa shape index (κ1) is 19.5. The van der Waals surface area contributed by atoms with Crippen LogP contribution in [0.2, 0.25) is 0 Å². The zero-order valence-corrected chi connectivity index (χ0v) is 16.2. The monoisotopic (exact) mass is 362 g/mol. The van der Waals surface area contributed by atoms with Crippen molar-refractivity contribution in [3.63, 3.8) is 0 Å². The molecule has 0 spiro atoms. The fourth-order valence-electron chi connectivity index (χ4n) is 3.20. The molecule has 1 amide bonds. The number of rotatable bonds is 7. The zero-order valence-electron chi connectivity index (χ0n) is 15.4. The molecule has 0 bridgehead atoms. The van der Waals surface area contributed by atoms with Gasteiger partial charge in [0, 0.05) is 37.5 Å². The smallest absolute Gasteiger partial charge is 0.243 e. The molecule has 5 nitrogen and oxygen atoms in total. The summed E-state index contributed by atoms with van der Waals surface area (Å²) in [6.45, 7) is 5.34. The van der Waals surface area contributed by atoms with Crippen LogP contribution >= 0.6 is 11.3 Å². The van der Waals surface area contributed by atoms with Gasteiger partial charge in [0.05, 0.1) is 0 Å². The van der Waals surface area contributed by atoms with Gasteiger partial charge in [-0.2, -0.15) is 0 Å². The maximum absolute atomic E-state index is 11.8. The minimum absolute atomic E-state index is 0.00894. The lowest BCUT2D eigenvalue weighted by atomic mass is 9.73. The number of likely N-dealkylation sites (N-methyl/N-ethyl adjacent to an activating group) is 1. The highest BCUT2D eigenvalue weighted by molar-refractivity contribution is 7.10. The third-order valence-electron chi connectivity index (χ3n) is 4.73. The van der Waals surface area contributed by atoms with Gasteiger partial charge in [0.25, 0.3) is 0 Å². The van der Waals surface area contributed by atoms with Crippen LogP contribution in [0.4, 0.5) is 0 Å². The Morgan fingerprint density at radius 2 is 2.12 bits per heavy atom. The second-order valence-corrected chi connectivity index (χ2v) is 7.74. The van der Waals surface area contributed by atoms with E-state index in [0.717, 1.165) is 6.54 Å². The molecule has 0 saturated heterocycles. The summed E-state index contributed by atoms with van der Waals surface area (Å²) in [4.78, 5) is 19.3. The number of hydrogen-bond acceptors (Lipinski definition) is 3. The van der Waals surface area contributed by atoms with Crippen LogP contribution in [-0.4, -0.2) is 50.5 Å². The minimum Gasteiger partial charge on any atom is -0.355 e. The zero-order chi connectivity index (χ0) is 18.1. The Hall–Kier alpha value is -1.82. The van der Waals surface area contributed by atoms with E-state index in [-0.39, 0.29) is 17.9 Å². The van der Waals surface area contributed by atoms with Crippen LogP contribution in [0.1, 0.15) is 37.0 Å². The lowest BCUT2D eigenvalue weighted by molar-refractivity contribution is -0.127. The van der Waals surface area contributed by atoms with E-state index < -0.39 is 0 Å². The number of hydrogen-bond donors (Lipinski definition) is 2. The summed E-state index contributed by atoms with van der Waals surface area (Å²) in [5, 5.41) is 8.85. The minimum atomic E-state index is -0.00894. The molecule has 6 heteroatoms. The average molecular weight is 363 g/mol. The number of amides is 1. The number of thiophene rings is 1. The second kappa shape index (κ2) is 9.61. The van der Waals surface area contributed by atoms with Crippen molar-refractivity contribution in [1.29, 1.82) is 0 Å². The Labute approximate surface area is 155 Å². The van der Waals surface area contributed by atoms with E-state index in [4.69, 9.17) is 0 Å². The number of carbonyl (C=O) groups excluding carboxylic acids is 1. The van der Waals surface area contributed by atoms with E-state index >= 15 is 0 Å². The maximum Gasteiger partial charge on any atom is 0.243 e. The molecule has 1 fully saturated rings. The van der Waals surface area contributed by atoms with Gasteiger partial charge in [-0.3, -0.25) is 4.79 Å². The Bertz CT molecular complexity index is 574. The van der Waals surface area contributed by atoms with Crippen molar-refractivity contribution in [1.82, 2.24) is 15.5 Å². The molecular weight excluding hydrogens is 332 g/mol. The highest BCUT2D eigenvalue weighted by Gasteiger charge is 2.34. The Balaban J connectivity index is 2.06. The maximum atomic E-state index is 11.8. The molecule has 138 valence electrons. The van der Waals surface area contributed by atoms with Crippen LogP contribution in [0.5, 0.6) is 0 Å². The third kappa shape index (κ3) is 5.59. The van der Waals surface area contributed by atoms with E-state index in [9.17, 15) is 4.79 Å². The molecule has 1 aromatic heterocycles. The van der Waals surface area contributed by atoms with Crippen LogP contribution < -0.4 is 10.6 Å². The van der Waals surface area contributed by atoms with Gasteiger partial charge in [0.2, 0.25) is 5.91 Å². The van der Waals surface area contributed by atoms with Crippen LogP contribution in [-0.2, 0) is 10.2 Å². The van der Waals surface area contributed by atoms with Crippen molar-refractivity contribution >= 4 is 23.2 Å². The number of nitrogens with zero attached hydrogens (tertiary/aromatic N) is 2. The molecule has 0 radical (unpaired) electrons. The van der Waals surface area contributed by atoms with Gasteiger partial charge in [-0.05, 0) is 24.3 Å². The molecule has 1 aliphatic rings. The summed E-state index contributed by atoms with van der Waals surface area (Å²) in [5.41, 5.74) is 0.175. The molecule has 1 heterocycles. The molecule has 25 heavy (non-hydrogen) atoms. The van der Waals surface area contributed by atoms with Gasteiger partial charge in [-0.15, -0.1) is 17.9 Å². The van der Waals surface area contributed by atoms with Gasteiger partial charge in [0.1, 0.15) is 6.54 Å². The summed E-state index contributed by atoms with van der Waals surface area (Å²) >= 11 is 1.84. The summed E-state index contributed by atoms with van der Waals surface area (Å²) in [5.74, 6) is 0.668. The van der Waals surface area contributed by atoms with Crippen molar-refractivity contribution in [2.24, 2.45) is 4.99 Å². The van der Waals surface area contributed by atoms with Gasteiger partial charge in [-0.25, -0.2) is 4.99 Å². The van der Waals surface area contributed by atoms with Crippen LogP contribution in [0.15, 0.2) is 35.2 Å². The van der Waals surface area contributed by atoms with Gasteiger partial charge < -0.3 is 15.5 Å². The first-order valence-corrected chi connectivity index (χ1v) is 9.82. The Morgan fingerprint density at radius 3 is 2.72 bits per heavy atom. The standard InChI is InChI=1S/C19H30N4OS/c1-4-12-20-18(21-14-17(24)23(2)3)22-15-19(10-6-5-7-11-19)16-9-8-13-25-16/h4,8-9,13H,1,5-7,10-12,14-15H2,2-3H3,(H2,20,21,22). The van der Waals surface area contributed by atoms with Crippen LogP contribution in [0.25, 0.3) is 0 Å². The van der Waals surface area contributed by atoms with Gasteiger partial charge in [-0.1, -0.05) is 31.4 Å². The van der Waals surface area contributed by atoms with Crippen molar-refractivity contribution in [3.05, 3.63) is 35.0 Å². The third-order valence-corrected chi connectivity index (χ3v) is 5.85. The van der Waals surface area contributed by atoms with E-state index in [2.05, 4.69) is 39.7 Å². The second-order valence-electron chi connectivity index (χ2n) is 6.79. The van der Waals surface area contributed by atoms with Crippen molar-refractivity contribution in [2.75, 3.05) is 33.7 Å². The number of nitrogens with one attached hydrogen (secondary N) is 2. The molecule has 2 rings (SSSR count). The Morgan fingerprint density at radius 1 is 1.36 bits per heavy atom.